The molecule has 1 fully saturated rings. The van der Waals surface area contributed by atoms with E-state index in [1.54, 1.807) is 5.01 Å². The Morgan fingerprint density at radius 3 is 2.85 bits per heavy atom. The zero-order chi connectivity index (χ0) is 9.90. The van der Waals surface area contributed by atoms with Crippen molar-refractivity contribution in [1.82, 2.24) is 10.4 Å². The predicted molar refractivity (Wildman–Crippen MR) is 51.8 cm³/mol. The highest BCUT2D eigenvalue weighted by Gasteiger charge is 2.36. The van der Waals surface area contributed by atoms with Crippen LogP contribution in [0.15, 0.2) is 0 Å². The first-order valence-electron chi connectivity index (χ1n) is 4.89. The number of carbonyl (C=O) groups excluding carboxylic acids is 1. The first kappa shape index (κ1) is 10.5. The summed E-state index contributed by atoms with van der Waals surface area (Å²) in [5, 5.41) is 1.70. The van der Waals surface area contributed by atoms with E-state index in [4.69, 9.17) is 5.73 Å². The van der Waals surface area contributed by atoms with Gasteiger partial charge >= 0.3 is 0 Å². The standard InChI is InChI=1S/C9H19N3O/c1-3-9(2)7-8(13)12(11-9)6-4-5-10/h11H,3-7,10H2,1-2H3. The third-order valence-corrected chi connectivity index (χ3v) is 2.61. The molecule has 13 heavy (non-hydrogen) atoms. The molecule has 1 amide bonds. The number of hydrogen-bond donors (Lipinski definition) is 2. The maximum atomic E-state index is 11.5. The largest absolute Gasteiger partial charge is 0.330 e. The van der Waals surface area contributed by atoms with Crippen LogP contribution >= 0.6 is 0 Å². The van der Waals surface area contributed by atoms with Gasteiger partial charge in [0.05, 0.1) is 0 Å². The lowest BCUT2D eigenvalue weighted by molar-refractivity contribution is -0.129. The molecule has 3 N–H and O–H groups in total. The molecule has 1 aliphatic rings. The molecule has 0 aromatic heterocycles. The van der Waals surface area contributed by atoms with Gasteiger partial charge in [0.2, 0.25) is 5.91 Å². The van der Waals surface area contributed by atoms with Crippen LogP contribution < -0.4 is 11.2 Å². The fourth-order valence-electron chi connectivity index (χ4n) is 1.49. The van der Waals surface area contributed by atoms with Gasteiger partial charge in [0.25, 0.3) is 0 Å². The smallest absolute Gasteiger partial charge is 0.238 e. The highest BCUT2D eigenvalue weighted by molar-refractivity contribution is 5.79. The Labute approximate surface area is 79.4 Å². The highest BCUT2D eigenvalue weighted by Crippen LogP contribution is 2.22. The summed E-state index contributed by atoms with van der Waals surface area (Å²) < 4.78 is 0. The van der Waals surface area contributed by atoms with Crippen molar-refractivity contribution in [1.29, 1.82) is 0 Å². The van der Waals surface area contributed by atoms with Crippen LogP contribution in [0, 0.1) is 0 Å². The van der Waals surface area contributed by atoms with E-state index in [9.17, 15) is 4.79 Å². The van der Waals surface area contributed by atoms with Crippen molar-refractivity contribution in [2.45, 2.75) is 38.6 Å². The van der Waals surface area contributed by atoms with E-state index >= 15 is 0 Å². The second-order valence-corrected chi connectivity index (χ2v) is 3.89. The Kier molecular flexibility index (Phi) is 3.27. The fraction of sp³-hybridized carbons (Fsp3) is 0.889. The third-order valence-electron chi connectivity index (χ3n) is 2.61. The van der Waals surface area contributed by atoms with Gasteiger partial charge in [-0.1, -0.05) is 6.92 Å². The zero-order valence-corrected chi connectivity index (χ0v) is 8.47. The van der Waals surface area contributed by atoms with Crippen LogP contribution in [-0.2, 0) is 4.79 Å². The van der Waals surface area contributed by atoms with Gasteiger partial charge in [0, 0.05) is 18.5 Å². The van der Waals surface area contributed by atoms with Crippen LogP contribution in [0.2, 0.25) is 0 Å². The molecule has 76 valence electrons. The molecule has 0 radical (unpaired) electrons. The van der Waals surface area contributed by atoms with Gasteiger partial charge in [-0.25, -0.2) is 5.43 Å². The summed E-state index contributed by atoms with van der Waals surface area (Å²) in [5.41, 5.74) is 8.58. The minimum atomic E-state index is -0.0360. The highest BCUT2D eigenvalue weighted by atomic mass is 16.2. The lowest BCUT2D eigenvalue weighted by Gasteiger charge is -2.24. The molecule has 1 rings (SSSR count). The first-order valence-corrected chi connectivity index (χ1v) is 4.89. The summed E-state index contributed by atoms with van der Waals surface area (Å²) in [6.45, 7) is 5.53. The zero-order valence-electron chi connectivity index (χ0n) is 8.47. The Balaban J connectivity index is 2.46. The van der Waals surface area contributed by atoms with E-state index in [-0.39, 0.29) is 11.4 Å². The molecule has 1 atom stereocenters. The second kappa shape index (κ2) is 4.07. The molecule has 1 unspecified atom stereocenters. The molecule has 0 aliphatic carbocycles. The van der Waals surface area contributed by atoms with E-state index < -0.39 is 0 Å². The summed E-state index contributed by atoms with van der Waals surface area (Å²) in [6, 6.07) is 0. The summed E-state index contributed by atoms with van der Waals surface area (Å²) in [4.78, 5) is 11.5. The second-order valence-electron chi connectivity index (χ2n) is 3.89. The van der Waals surface area contributed by atoms with Crippen molar-refractivity contribution in [3.63, 3.8) is 0 Å². The lowest BCUT2D eigenvalue weighted by atomic mass is 9.97. The van der Waals surface area contributed by atoms with Crippen molar-refractivity contribution in [2.24, 2.45) is 5.73 Å². The molecule has 1 aliphatic heterocycles. The number of nitrogens with two attached hydrogens (primary N) is 1. The van der Waals surface area contributed by atoms with Crippen LogP contribution in [0.3, 0.4) is 0 Å². The Hall–Kier alpha value is -0.610. The minimum Gasteiger partial charge on any atom is -0.330 e. The number of hydrazine groups is 1. The van der Waals surface area contributed by atoms with E-state index in [1.807, 2.05) is 0 Å². The molecule has 0 aromatic carbocycles. The molecule has 4 nitrogen and oxygen atoms in total. The third kappa shape index (κ3) is 2.42. The maximum Gasteiger partial charge on any atom is 0.238 e. The van der Waals surface area contributed by atoms with Gasteiger partial charge in [-0.2, -0.15) is 0 Å². The summed E-state index contributed by atoms with van der Waals surface area (Å²) >= 11 is 0. The molecular formula is C9H19N3O. The van der Waals surface area contributed by atoms with Crippen LogP contribution in [0.25, 0.3) is 0 Å². The number of rotatable bonds is 4. The summed E-state index contributed by atoms with van der Waals surface area (Å²) in [7, 11) is 0. The van der Waals surface area contributed by atoms with Gasteiger partial charge in [0.15, 0.2) is 0 Å². The van der Waals surface area contributed by atoms with Crippen molar-refractivity contribution in [3.8, 4) is 0 Å². The van der Waals surface area contributed by atoms with Crippen molar-refractivity contribution in [3.05, 3.63) is 0 Å². The SMILES string of the molecule is CCC1(C)CC(=O)N(CCCN)N1. The average Bonchev–Trinajstić information content (AvgIpc) is 2.39. The van der Waals surface area contributed by atoms with Crippen LogP contribution in [0.4, 0.5) is 0 Å². The van der Waals surface area contributed by atoms with E-state index in [2.05, 4.69) is 19.3 Å². The Morgan fingerprint density at radius 1 is 1.69 bits per heavy atom. The van der Waals surface area contributed by atoms with E-state index in [1.165, 1.54) is 0 Å². The number of hydrogen-bond acceptors (Lipinski definition) is 3. The maximum absolute atomic E-state index is 11.5. The van der Waals surface area contributed by atoms with E-state index in [0.717, 1.165) is 19.4 Å². The molecule has 0 spiro atoms. The molecule has 1 heterocycles. The van der Waals surface area contributed by atoms with Crippen molar-refractivity contribution in [2.75, 3.05) is 13.1 Å². The fourth-order valence-corrected chi connectivity index (χ4v) is 1.49. The van der Waals surface area contributed by atoms with Crippen molar-refractivity contribution >= 4 is 5.91 Å². The number of nitrogens with zero attached hydrogens (tertiary/aromatic N) is 1. The van der Waals surface area contributed by atoms with Crippen LogP contribution in [0.5, 0.6) is 0 Å². The number of amides is 1. The van der Waals surface area contributed by atoms with E-state index in [0.29, 0.717) is 13.0 Å². The monoisotopic (exact) mass is 185 g/mol. The van der Waals surface area contributed by atoms with Gasteiger partial charge < -0.3 is 5.73 Å². The Morgan fingerprint density at radius 2 is 2.38 bits per heavy atom. The molecule has 4 heteroatoms. The van der Waals surface area contributed by atoms with Crippen molar-refractivity contribution < 1.29 is 4.79 Å². The molecular weight excluding hydrogens is 166 g/mol. The average molecular weight is 185 g/mol. The quantitative estimate of drug-likeness (QED) is 0.659. The van der Waals surface area contributed by atoms with Crippen LogP contribution in [0.1, 0.15) is 33.1 Å². The predicted octanol–water partition coefficient (Wildman–Crippen LogP) is 0.241. The van der Waals surface area contributed by atoms with Gasteiger partial charge in [-0.15, -0.1) is 0 Å². The minimum absolute atomic E-state index is 0.0360. The Bertz CT molecular complexity index is 195. The summed E-state index contributed by atoms with van der Waals surface area (Å²) in [6.07, 6.45) is 2.43. The number of carbonyl (C=O) groups is 1. The molecule has 0 aromatic rings. The summed E-state index contributed by atoms with van der Waals surface area (Å²) in [5.74, 6) is 0.192. The molecule has 1 saturated heterocycles. The topological polar surface area (TPSA) is 58.4 Å². The van der Waals surface area contributed by atoms with Gasteiger partial charge in [-0.3, -0.25) is 9.80 Å². The van der Waals surface area contributed by atoms with Gasteiger partial charge in [0.1, 0.15) is 0 Å². The molecule has 0 saturated carbocycles. The number of nitrogens with one attached hydrogen (secondary N) is 1. The first-order chi connectivity index (χ1) is 6.11. The van der Waals surface area contributed by atoms with Crippen LogP contribution in [-0.4, -0.2) is 29.5 Å². The lowest BCUT2D eigenvalue weighted by Crippen LogP contribution is -2.44. The molecule has 0 bridgehead atoms. The normalized spacial score (nSPS) is 28.5. The van der Waals surface area contributed by atoms with Gasteiger partial charge in [-0.05, 0) is 26.3 Å².